The van der Waals surface area contributed by atoms with Crippen molar-refractivity contribution in [3.8, 4) is 0 Å². The summed E-state index contributed by atoms with van der Waals surface area (Å²) in [4.78, 5) is 13.9. The molecule has 20 heavy (non-hydrogen) atoms. The topological polar surface area (TPSA) is 58.4 Å². The molecular formula is C15H24FN3O. The zero-order valence-corrected chi connectivity index (χ0v) is 12.6. The number of hydrogen-bond acceptors (Lipinski definition) is 3. The van der Waals surface area contributed by atoms with Gasteiger partial charge in [-0.25, -0.2) is 4.39 Å². The fraction of sp³-hybridized carbons (Fsp3) is 0.533. The lowest BCUT2D eigenvalue weighted by molar-refractivity contribution is -0.123. The summed E-state index contributed by atoms with van der Waals surface area (Å²) in [6.45, 7) is 4.26. The largest absolute Gasteiger partial charge is 0.353 e. The molecule has 0 bridgehead atoms. The van der Waals surface area contributed by atoms with Crippen molar-refractivity contribution in [3.05, 3.63) is 35.6 Å². The quantitative estimate of drug-likeness (QED) is 0.831. The zero-order valence-electron chi connectivity index (χ0n) is 12.6. The van der Waals surface area contributed by atoms with E-state index in [9.17, 15) is 9.18 Å². The van der Waals surface area contributed by atoms with Crippen LogP contribution in [-0.2, 0) is 4.79 Å². The Kier molecular flexibility index (Phi) is 6.10. The number of carbonyl (C=O) groups excluding carboxylic acids is 1. The summed E-state index contributed by atoms with van der Waals surface area (Å²) < 4.78 is 13.0. The average molecular weight is 281 g/mol. The summed E-state index contributed by atoms with van der Waals surface area (Å²) in [7, 11) is 3.84. The first-order chi connectivity index (χ1) is 9.32. The second kappa shape index (κ2) is 7.36. The van der Waals surface area contributed by atoms with Gasteiger partial charge in [0.05, 0.1) is 12.1 Å². The van der Waals surface area contributed by atoms with Crippen LogP contribution in [0.4, 0.5) is 4.39 Å². The van der Waals surface area contributed by atoms with Gasteiger partial charge < -0.3 is 16.0 Å². The third kappa shape index (κ3) is 4.58. The van der Waals surface area contributed by atoms with Crippen LogP contribution in [0.15, 0.2) is 24.3 Å². The molecule has 0 fully saturated rings. The molecule has 0 aliphatic heterocycles. The SMILES string of the molecule is CC(C)[C@H](N)C(=O)NCC(c1ccc(F)cc1)N(C)C. The van der Waals surface area contributed by atoms with Gasteiger partial charge in [-0.05, 0) is 37.7 Å². The highest BCUT2D eigenvalue weighted by Gasteiger charge is 2.20. The molecule has 0 aromatic heterocycles. The maximum atomic E-state index is 13.0. The van der Waals surface area contributed by atoms with Crippen LogP contribution in [0.3, 0.4) is 0 Å². The van der Waals surface area contributed by atoms with E-state index in [1.165, 1.54) is 12.1 Å². The van der Waals surface area contributed by atoms with Crippen LogP contribution in [0.5, 0.6) is 0 Å². The third-order valence-electron chi connectivity index (χ3n) is 3.37. The summed E-state index contributed by atoms with van der Waals surface area (Å²) in [5.41, 5.74) is 6.76. The molecule has 0 saturated carbocycles. The molecule has 3 N–H and O–H groups in total. The molecule has 112 valence electrons. The zero-order chi connectivity index (χ0) is 15.3. The Bertz CT molecular complexity index is 431. The van der Waals surface area contributed by atoms with Gasteiger partial charge in [0, 0.05) is 6.54 Å². The lowest BCUT2D eigenvalue weighted by Crippen LogP contribution is -2.46. The molecule has 0 radical (unpaired) electrons. The van der Waals surface area contributed by atoms with Crippen LogP contribution in [0, 0.1) is 11.7 Å². The van der Waals surface area contributed by atoms with Gasteiger partial charge in [0.1, 0.15) is 5.82 Å². The van der Waals surface area contributed by atoms with Crippen molar-refractivity contribution in [1.82, 2.24) is 10.2 Å². The van der Waals surface area contributed by atoms with Crippen LogP contribution in [-0.4, -0.2) is 37.5 Å². The van der Waals surface area contributed by atoms with E-state index >= 15 is 0 Å². The Morgan fingerprint density at radius 1 is 1.30 bits per heavy atom. The predicted octanol–water partition coefficient (Wildman–Crippen LogP) is 1.53. The molecule has 0 aliphatic carbocycles. The first-order valence-corrected chi connectivity index (χ1v) is 6.78. The summed E-state index contributed by atoms with van der Waals surface area (Å²) >= 11 is 0. The summed E-state index contributed by atoms with van der Waals surface area (Å²) in [6.07, 6.45) is 0. The van der Waals surface area contributed by atoms with Crippen LogP contribution < -0.4 is 11.1 Å². The van der Waals surface area contributed by atoms with Crippen LogP contribution in [0.25, 0.3) is 0 Å². The van der Waals surface area contributed by atoms with E-state index in [0.29, 0.717) is 6.54 Å². The minimum atomic E-state index is -0.508. The van der Waals surface area contributed by atoms with Crippen molar-refractivity contribution in [2.75, 3.05) is 20.6 Å². The molecule has 5 heteroatoms. The van der Waals surface area contributed by atoms with E-state index in [1.807, 2.05) is 32.8 Å². The second-order valence-electron chi connectivity index (χ2n) is 5.55. The highest BCUT2D eigenvalue weighted by Crippen LogP contribution is 2.17. The van der Waals surface area contributed by atoms with E-state index < -0.39 is 6.04 Å². The van der Waals surface area contributed by atoms with Gasteiger partial charge in [-0.1, -0.05) is 26.0 Å². The first-order valence-electron chi connectivity index (χ1n) is 6.78. The number of nitrogens with two attached hydrogens (primary N) is 1. The number of hydrogen-bond donors (Lipinski definition) is 2. The summed E-state index contributed by atoms with van der Waals surface area (Å²) in [5.74, 6) is -0.329. The monoisotopic (exact) mass is 281 g/mol. The molecule has 1 rings (SSSR count). The Morgan fingerprint density at radius 2 is 1.85 bits per heavy atom. The lowest BCUT2D eigenvalue weighted by Gasteiger charge is -2.26. The van der Waals surface area contributed by atoms with Crippen molar-refractivity contribution in [1.29, 1.82) is 0 Å². The number of carbonyl (C=O) groups is 1. The van der Waals surface area contributed by atoms with Crippen molar-refractivity contribution in [3.63, 3.8) is 0 Å². The summed E-state index contributed by atoms with van der Waals surface area (Å²) in [5, 5.41) is 2.86. The van der Waals surface area contributed by atoms with Gasteiger partial charge in [-0.2, -0.15) is 0 Å². The van der Waals surface area contributed by atoms with E-state index in [1.54, 1.807) is 12.1 Å². The molecule has 0 aliphatic rings. The molecule has 0 saturated heterocycles. The van der Waals surface area contributed by atoms with Crippen LogP contribution in [0.1, 0.15) is 25.5 Å². The third-order valence-corrected chi connectivity index (χ3v) is 3.37. The maximum absolute atomic E-state index is 13.0. The number of likely N-dealkylation sites (N-methyl/N-ethyl adjacent to an activating group) is 1. The van der Waals surface area contributed by atoms with E-state index in [4.69, 9.17) is 5.73 Å². The number of halogens is 1. The van der Waals surface area contributed by atoms with Gasteiger partial charge in [-0.3, -0.25) is 4.79 Å². The van der Waals surface area contributed by atoms with Crippen molar-refractivity contribution < 1.29 is 9.18 Å². The Hall–Kier alpha value is -1.46. The number of nitrogens with one attached hydrogen (secondary N) is 1. The molecule has 0 heterocycles. The van der Waals surface area contributed by atoms with Gasteiger partial charge in [0.25, 0.3) is 0 Å². The van der Waals surface area contributed by atoms with Crippen LogP contribution in [0.2, 0.25) is 0 Å². The van der Waals surface area contributed by atoms with Gasteiger partial charge in [0.2, 0.25) is 5.91 Å². The van der Waals surface area contributed by atoms with Crippen molar-refractivity contribution in [2.24, 2.45) is 11.7 Å². The van der Waals surface area contributed by atoms with E-state index in [2.05, 4.69) is 5.32 Å². The molecule has 4 nitrogen and oxygen atoms in total. The molecule has 1 amide bonds. The highest BCUT2D eigenvalue weighted by atomic mass is 19.1. The van der Waals surface area contributed by atoms with Gasteiger partial charge >= 0.3 is 0 Å². The first kappa shape index (κ1) is 16.6. The fourth-order valence-electron chi connectivity index (χ4n) is 1.90. The number of nitrogens with zero attached hydrogens (tertiary/aromatic N) is 1. The Balaban J connectivity index is 2.69. The number of rotatable bonds is 6. The van der Waals surface area contributed by atoms with Crippen LogP contribution >= 0.6 is 0 Å². The Morgan fingerprint density at radius 3 is 2.30 bits per heavy atom. The molecule has 1 unspecified atom stereocenters. The predicted molar refractivity (Wildman–Crippen MR) is 78.7 cm³/mol. The normalized spacial score (nSPS) is 14.4. The van der Waals surface area contributed by atoms with E-state index in [-0.39, 0.29) is 23.7 Å². The molecule has 1 aromatic rings. The Labute approximate surface area is 120 Å². The minimum Gasteiger partial charge on any atom is -0.353 e. The number of benzene rings is 1. The molecule has 1 aromatic carbocycles. The smallest absolute Gasteiger partial charge is 0.237 e. The summed E-state index contributed by atoms with van der Waals surface area (Å²) in [6, 6.07) is 5.79. The molecular weight excluding hydrogens is 257 g/mol. The fourth-order valence-corrected chi connectivity index (χ4v) is 1.90. The maximum Gasteiger partial charge on any atom is 0.237 e. The van der Waals surface area contributed by atoms with Crippen molar-refractivity contribution >= 4 is 5.91 Å². The van der Waals surface area contributed by atoms with Gasteiger partial charge in [0.15, 0.2) is 0 Å². The highest BCUT2D eigenvalue weighted by molar-refractivity contribution is 5.81. The molecule has 2 atom stereocenters. The lowest BCUT2D eigenvalue weighted by atomic mass is 10.0. The molecule has 0 spiro atoms. The standard InChI is InChI=1S/C15H24FN3O/c1-10(2)14(17)15(20)18-9-13(19(3)4)11-5-7-12(16)8-6-11/h5-8,10,13-14H,9,17H2,1-4H3,(H,18,20)/t13?,14-/m0/s1. The second-order valence-corrected chi connectivity index (χ2v) is 5.55. The van der Waals surface area contributed by atoms with Gasteiger partial charge in [-0.15, -0.1) is 0 Å². The minimum absolute atomic E-state index is 0.0149. The average Bonchev–Trinajstić information content (AvgIpc) is 2.39. The van der Waals surface area contributed by atoms with E-state index in [0.717, 1.165) is 5.56 Å². The van der Waals surface area contributed by atoms with Crippen molar-refractivity contribution in [2.45, 2.75) is 25.9 Å². The number of amides is 1.